The average Bonchev–Trinajstić information content (AvgIpc) is 2.37. The Bertz CT molecular complexity index is 591. The second-order valence-corrected chi connectivity index (χ2v) is 5.11. The van der Waals surface area contributed by atoms with Crippen molar-refractivity contribution in [1.82, 2.24) is 0 Å². The third-order valence-corrected chi connectivity index (χ3v) is 4.25. The number of carboxylic acids is 2. The first-order chi connectivity index (χ1) is 9.02. The Balaban J connectivity index is 2.22. The summed E-state index contributed by atoms with van der Waals surface area (Å²) < 4.78 is 0. The fourth-order valence-corrected chi connectivity index (χ4v) is 3.55. The van der Waals surface area contributed by atoms with Crippen LogP contribution in [0.1, 0.15) is 29.4 Å². The molecule has 98 valence electrons. The van der Waals surface area contributed by atoms with E-state index in [0.29, 0.717) is 5.56 Å². The van der Waals surface area contributed by atoms with Gasteiger partial charge >= 0.3 is 11.9 Å². The molecule has 5 heteroatoms. The summed E-state index contributed by atoms with van der Waals surface area (Å²) in [6, 6.07) is 7.08. The van der Waals surface area contributed by atoms with Gasteiger partial charge in [-0.25, -0.2) is 0 Å². The average molecular weight is 260 g/mol. The summed E-state index contributed by atoms with van der Waals surface area (Å²) in [5, 5.41) is 18.6. The van der Waals surface area contributed by atoms with Crippen LogP contribution < -0.4 is 0 Å². The molecular weight excluding hydrogens is 248 g/mol. The lowest BCUT2D eigenvalue weighted by atomic mass is 9.56. The highest BCUT2D eigenvalue weighted by Gasteiger charge is 2.56. The Hall–Kier alpha value is -2.17. The number of carbonyl (C=O) groups excluding carboxylic acids is 1. The molecule has 3 aliphatic rings. The summed E-state index contributed by atoms with van der Waals surface area (Å²) in [5.74, 6) is -6.01. The van der Waals surface area contributed by atoms with Crippen LogP contribution in [0.15, 0.2) is 24.3 Å². The predicted molar refractivity (Wildman–Crippen MR) is 63.8 cm³/mol. The standard InChI is InChI=1S/C14H12O5/c15-9-5-8-6-3-1-2-4-7(6)10(9)12(14(18)19)11(8)13(16)17/h1-4,8,10-12H,5H2,(H,16,17)(H,18,19)/t8-,10-,11+,12-/m0/s1. The van der Waals surface area contributed by atoms with Gasteiger partial charge in [0, 0.05) is 12.3 Å². The minimum atomic E-state index is -1.20. The van der Waals surface area contributed by atoms with Crippen LogP contribution in [-0.2, 0) is 14.4 Å². The quantitative estimate of drug-likeness (QED) is 0.834. The second-order valence-electron chi connectivity index (χ2n) is 5.11. The molecule has 1 fully saturated rings. The number of fused-ring (bicyclic) bond motifs is 2. The topological polar surface area (TPSA) is 91.7 Å². The summed E-state index contributed by atoms with van der Waals surface area (Å²) in [7, 11) is 0. The Morgan fingerprint density at radius 1 is 1.00 bits per heavy atom. The molecular formula is C14H12O5. The molecule has 1 aromatic carbocycles. The zero-order valence-electron chi connectivity index (χ0n) is 9.95. The summed E-state index contributed by atoms with van der Waals surface area (Å²) in [5.41, 5.74) is 1.51. The lowest BCUT2D eigenvalue weighted by Crippen LogP contribution is -2.49. The van der Waals surface area contributed by atoms with Crippen molar-refractivity contribution in [2.45, 2.75) is 18.3 Å². The first kappa shape index (κ1) is 11.9. The summed E-state index contributed by atoms with van der Waals surface area (Å²) >= 11 is 0. The van der Waals surface area contributed by atoms with Crippen molar-refractivity contribution >= 4 is 17.7 Å². The van der Waals surface area contributed by atoms with Gasteiger partial charge in [0.2, 0.25) is 0 Å². The molecule has 19 heavy (non-hydrogen) atoms. The number of hydrogen-bond acceptors (Lipinski definition) is 3. The number of aliphatic carboxylic acids is 2. The van der Waals surface area contributed by atoms with Crippen molar-refractivity contribution in [2.75, 3.05) is 0 Å². The van der Waals surface area contributed by atoms with Crippen molar-refractivity contribution in [3.05, 3.63) is 35.4 Å². The molecule has 2 bridgehead atoms. The monoisotopic (exact) mass is 260 g/mol. The maximum Gasteiger partial charge on any atom is 0.308 e. The first-order valence-corrected chi connectivity index (χ1v) is 6.09. The third-order valence-electron chi connectivity index (χ3n) is 4.25. The molecule has 1 saturated carbocycles. The van der Waals surface area contributed by atoms with Crippen LogP contribution in [-0.4, -0.2) is 27.9 Å². The van der Waals surface area contributed by atoms with Gasteiger partial charge in [-0.2, -0.15) is 0 Å². The lowest BCUT2D eigenvalue weighted by molar-refractivity contribution is -0.160. The highest BCUT2D eigenvalue weighted by molar-refractivity contribution is 5.98. The molecule has 0 unspecified atom stereocenters. The molecule has 4 rings (SSSR count). The van der Waals surface area contributed by atoms with Crippen LogP contribution in [0.3, 0.4) is 0 Å². The third kappa shape index (κ3) is 1.51. The van der Waals surface area contributed by atoms with E-state index in [2.05, 4.69) is 0 Å². The summed E-state index contributed by atoms with van der Waals surface area (Å²) in [6.07, 6.45) is 0.127. The zero-order valence-corrected chi connectivity index (χ0v) is 9.95. The molecule has 0 amide bonds. The number of benzene rings is 1. The van der Waals surface area contributed by atoms with Crippen LogP contribution in [0.4, 0.5) is 0 Å². The van der Waals surface area contributed by atoms with E-state index in [9.17, 15) is 24.6 Å². The van der Waals surface area contributed by atoms with E-state index in [4.69, 9.17) is 0 Å². The summed E-state index contributed by atoms with van der Waals surface area (Å²) in [6.45, 7) is 0. The Morgan fingerprint density at radius 2 is 1.58 bits per heavy atom. The van der Waals surface area contributed by atoms with Crippen LogP contribution in [0, 0.1) is 11.8 Å². The SMILES string of the molecule is O=C(O)[C@@H]1[C@H](C(=O)O)[C@H]2CC(=O)[C@@H]1c1ccccc12. The molecule has 0 saturated heterocycles. The smallest absolute Gasteiger partial charge is 0.308 e. The van der Waals surface area contributed by atoms with Crippen LogP contribution in [0.5, 0.6) is 0 Å². The Kier molecular flexibility index (Phi) is 2.45. The van der Waals surface area contributed by atoms with Crippen LogP contribution in [0.2, 0.25) is 0 Å². The molecule has 4 atom stereocenters. The maximum absolute atomic E-state index is 12.0. The lowest BCUT2D eigenvalue weighted by Gasteiger charge is -2.44. The minimum Gasteiger partial charge on any atom is -0.481 e. The van der Waals surface area contributed by atoms with E-state index in [1.807, 2.05) is 0 Å². The van der Waals surface area contributed by atoms with E-state index in [1.165, 1.54) is 0 Å². The molecule has 0 spiro atoms. The summed E-state index contributed by atoms with van der Waals surface area (Å²) in [4.78, 5) is 34.8. The maximum atomic E-state index is 12.0. The number of Topliss-reactive ketones (excluding diaryl/α,β-unsaturated/α-hetero) is 1. The van der Waals surface area contributed by atoms with Crippen molar-refractivity contribution in [3.63, 3.8) is 0 Å². The van der Waals surface area contributed by atoms with E-state index in [0.717, 1.165) is 5.56 Å². The highest BCUT2D eigenvalue weighted by Crippen LogP contribution is 2.54. The van der Waals surface area contributed by atoms with Gasteiger partial charge in [-0.3, -0.25) is 14.4 Å². The molecule has 5 nitrogen and oxygen atoms in total. The Morgan fingerprint density at radius 3 is 2.16 bits per heavy atom. The number of hydrogen-bond donors (Lipinski definition) is 2. The fourth-order valence-electron chi connectivity index (χ4n) is 3.55. The van der Waals surface area contributed by atoms with Crippen LogP contribution in [0.25, 0.3) is 0 Å². The van der Waals surface area contributed by atoms with Crippen molar-refractivity contribution in [3.8, 4) is 0 Å². The van der Waals surface area contributed by atoms with Gasteiger partial charge in [0.25, 0.3) is 0 Å². The van der Waals surface area contributed by atoms with E-state index >= 15 is 0 Å². The number of carbonyl (C=O) groups is 3. The molecule has 0 radical (unpaired) electrons. The van der Waals surface area contributed by atoms with Crippen LogP contribution >= 0.6 is 0 Å². The predicted octanol–water partition coefficient (Wildman–Crippen LogP) is 1.24. The van der Waals surface area contributed by atoms with Crippen molar-refractivity contribution < 1.29 is 24.6 Å². The van der Waals surface area contributed by atoms with E-state index in [-0.39, 0.29) is 12.2 Å². The number of rotatable bonds is 2. The number of carboxylic acid groups (broad SMARTS) is 2. The van der Waals surface area contributed by atoms with Gasteiger partial charge in [0.15, 0.2) is 0 Å². The van der Waals surface area contributed by atoms with E-state index < -0.39 is 35.6 Å². The molecule has 3 aliphatic carbocycles. The molecule has 0 heterocycles. The van der Waals surface area contributed by atoms with Gasteiger partial charge < -0.3 is 10.2 Å². The Labute approximate surface area is 108 Å². The molecule has 0 aliphatic heterocycles. The second kappa shape index (κ2) is 3.91. The first-order valence-electron chi connectivity index (χ1n) is 6.09. The van der Waals surface area contributed by atoms with Gasteiger partial charge in [0.05, 0.1) is 17.8 Å². The molecule has 2 N–H and O–H groups in total. The van der Waals surface area contributed by atoms with Crippen molar-refractivity contribution in [1.29, 1.82) is 0 Å². The fraction of sp³-hybridized carbons (Fsp3) is 0.357. The van der Waals surface area contributed by atoms with Gasteiger partial charge in [-0.1, -0.05) is 24.3 Å². The number of ketones is 1. The van der Waals surface area contributed by atoms with Crippen molar-refractivity contribution in [2.24, 2.45) is 11.8 Å². The molecule has 1 aromatic rings. The highest BCUT2D eigenvalue weighted by atomic mass is 16.4. The minimum absolute atomic E-state index is 0.127. The van der Waals surface area contributed by atoms with Gasteiger partial charge in [0.1, 0.15) is 5.78 Å². The zero-order chi connectivity index (χ0) is 13.7. The van der Waals surface area contributed by atoms with Gasteiger partial charge in [-0.05, 0) is 11.1 Å². The van der Waals surface area contributed by atoms with E-state index in [1.54, 1.807) is 24.3 Å². The normalized spacial score (nSPS) is 31.9. The molecule has 0 aromatic heterocycles. The largest absolute Gasteiger partial charge is 0.481 e. The van der Waals surface area contributed by atoms with Gasteiger partial charge in [-0.15, -0.1) is 0 Å².